The van der Waals surface area contributed by atoms with Gasteiger partial charge in [0.1, 0.15) is 5.92 Å². The molecule has 5 nitrogen and oxygen atoms in total. The second kappa shape index (κ2) is 6.76. The van der Waals surface area contributed by atoms with Crippen molar-refractivity contribution in [3.05, 3.63) is 29.8 Å². The van der Waals surface area contributed by atoms with E-state index in [0.717, 1.165) is 5.56 Å². The lowest BCUT2D eigenvalue weighted by atomic mass is 10.1. The smallest absolute Gasteiger partial charge is 0.315 e. The summed E-state index contributed by atoms with van der Waals surface area (Å²) in [5.74, 6) is -2.76. The summed E-state index contributed by atoms with van der Waals surface area (Å²) in [6, 6.07) is 7.17. The van der Waals surface area contributed by atoms with Gasteiger partial charge in [0.05, 0.1) is 6.61 Å². The molecule has 0 aliphatic carbocycles. The van der Waals surface area contributed by atoms with Crippen LogP contribution in [0.5, 0.6) is 0 Å². The Labute approximate surface area is 106 Å². The van der Waals surface area contributed by atoms with Gasteiger partial charge in [-0.25, -0.2) is 0 Å². The molecular formula is C13H17NO4. The first kappa shape index (κ1) is 14.2. The Morgan fingerprint density at radius 1 is 1.39 bits per heavy atom. The minimum absolute atomic E-state index is 0.383. The van der Waals surface area contributed by atoms with Crippen molar-refractivity contribution in [3.8, 4) is 0 Å². The van der Waals surface area contributed by atoms with Crippen LogP contribution in [0.2, 0.25) is 0 Å². The minimum atomic E-state index is -1.14. The average Bonchev–Trinajstić information content (AvgIpc) is 2.36. The summed E-state index contributed by atoms with van der Waals surface area (Å²) < 4.78 is 5.28. The molecule has 0 saturated heterocycles. The lowest BCUT2D eigenvalue weighted by Gasteiger charge is -2.12. The molecule has 1 aromatic rings. The molecule has 0 aliphatic rings. The number of anilines is 1. The molecule has 1 atom stereocenters. The maximum atomic E-state index is 11.6. The number of amides is 1. The van der Waals surface area contributed by atoms with E-state index in [1.54, 1.807) is 12.1 Å². The number of carboxylic acids is 1. The van der Waals surface area contributed by atoms with Crippen molar-refractivity contribution in [3.63, 3.8) is 0 Å². The Morgan fingerprint density at radius 2 is 2.06 bits per heavy atom. The van der Waals surface area contributed by atoms with Crippen molar-refractivity contribution in [1.29, 1.82) is 0 Å². The summed E-state index contributed by atoms with van der Waals surface area (Å²) >= 11 is 0. The highest BCUT2D eigenvalue weighted by Gasteiger charge is 2.21. The predicted molar refractivity (Wildman–Crippen MR) is 67.2 cm³/mol. The highest BCUT2D eigenvalue weighted by atomic mass is 16.5. The van der Waals surface area contributed by atoms with Crippen molar-refractivity contribution in [2.75, 3.05) is 11.9 Å². The van der Waals surface area contributed by atoms with Crippen LogP contribution in [0.15, 0.2) is 24.3 Å². The van der Waals surface area contributed by atoms with Crippen LogP contribution in [0.3, 0.4) is 0 Å². The van der Waals surface area contributed by atoms with Gasteiger partial charge in [0, 0.05) is 17.9 Å². The van der Waals surface area contributed by atoms with E-state index in [1.165, 1.54) is 6.92 Å². The third kappa shape index (κ3) is 3.85. The van der Waals surface area contributed by atoms with Crippen LogP contribution in [0.1, 0.15) is 19.4 Å². The Kier molecular flexibility index (Phi) is 5.32. The second-order valence-corrected chi connectivity index (χ2v) is 3.84. The first-order valence-electron chi connectivity index (χ1n) is 5.75. The van der Waals surface area contributed by atoms with Gasteiger partial charge in [0.25, 0.3) is 0 Å². The molecule has 0 aliphatic heterocycles. The van der Waals surface area contributed by atoms with Crippen LogP contribution in [-0.2, 0) is 20.9 Å². The summed E-state index contributed by atoms with van der Waals surface area (Å²) in [7, 11) is 0. The standard InChI is InChI=1S/C13H17NO4/c1-3-18-8-10-6-4-5-7-11(10)14-12(15)9(2)13(16)17/h4-7,9H,3,8H2,1-2H3,(H,14,15)(H,16,17). The number of aliphatic carboxylic acids is 1. The normalized spacial score (nSPS) is 11.9. The van der Waals surface area contributed by atoms with Gasteiger partial charge in [-0.15, -0.1) is 0 Å². The Bertz CT molecular complexity index is 431. The van der Waals surface area contributed by atoms with E-state index in [0.29, 0.717) is 18.9 Å². The molecule has 0 spiro atoms. The van der Waals surface area contributed by atoms with E-state index in [9.17, 15) is 9.59 Å². The van der Waals surface area contributed by atoms with Crippen LogP contribution >= 0.6 is 0 Å². The van der Waals surface area contributed by atoms with Crippen molar-refractivity contribution in [2.24, 2.45) is 5.92 Å². The number of rotatable bonds is 6. The third-order valence-electron chi connectivity index (χ3n) is 2.50. The van der Waals surface area contributed by atoms with Gasteiger partial charge in [0.2, 0.25) is 5.91 Å². The molecule has 1 unspecified atom stereocenters. The zero-order valence-electron chi connectivity index (χ0n) is 10.5. The summed E-state index contributed by atoms with van der Waals surface area (Å²) in [6.45, 7) is 4.19. The first-order chi connectivity index (χ1) is 8.56. The van der Waals surface area contributed by atoms with Crippen LogP contribution in [0.4, 0.5) is 5.69 Å². The van der Waals surface area contributed by atoms with Gasteiger partial charge in [-0.05, 0) is 19.9 Å². The number of carboxylic acid groups (broad SMARTS) is 1. The minimum Gasteiger partial charge on any atom is -0.481 e. The number of para-hydroxylation sites is 1. The van der Waals surface area contributed by atoms with E-state index in [2.05, 4.69) is 5.32 Å². The van der Waals surface area contributed by atoms with Gasteiger partial charge >= 0.3 is 5.97 Å². The highest BCUT2D eigenvalue weighted by Crippen LogP contribution is 2.17. The van der Waals surface area contributed by atoms with Crippen molar-refractivity contribution in [1.82, 2.24) is 0 Å². The number of carbonyl (C=O) groups is 2. The number of carbonyl (C=O) groups excluding carboxylic acids is 1. The molecule has 0 radical (unpaired) electrons. The van der Waals surface area contributed by atoms with E-state index in [-0.39, 0.29) is 0 Å². The SMILES string of the molecule is CCOCc1ccccc1NC(=O)C(C)C(=O)O. The Hall–Kier alpha value is -1.88. The number of hydrogen-bond donors (Lipinski definition) is 2. The Balaban J connectivity index is 2.77. The van der Waals surface area contributed by atoms with E-state index in [1.807, 2.05) is 19.1 Å². The van der Waals surface area contributed by atoms with Crippen LogP contribution in [0.25, 0.3) is 0 Å². The maximum Gasteiger partial charge on any atom is 0.315 e. The quantitative estimate of drug-likeness (QED) is 0.757. The van der Waals surface area contributed by atoms with Gasteiger partial charge in [-0.3, -0.25) is 9.59 Å². The molecule has 98 valence electrons. The van der Waals surface area contributed by atoms with Gasteiger partial charge in [-0.1, -0.05) is 18.2 Å². The fourth-order valence-corrected chi connectivity index (χ4v) is 1.33. The molecule has 0 heterocycles. The molecule has 1 amide bonds. The number of benzene rings is 1. The van der Waals surface area contributed by atoms with Crippen molar-refractivity contribution < 1.29 is 19.4 Å². The molecule has 18 heavy (non-hydrogen) atoms. The Morgan fingerprint density at radius 3 is 2.67 bits per heavy atom. The number of ether oxygens (including phenoxy) is 1. The molecule has 2 N–H and O–H groups in total. The number of nitrogens with one attached hydrogen (secondary N) is 1. The molecule has 5 heteroatoms. The molecule has 1 rings (SSSR count). The van der Waals surface area contributed by atoms with Crippen molar-refractivity contribution >= 4 is 17.6 Å². The monoisotopic (exact) mass is 251 g/mol. The molecule has 0 saturated carbocycles. The lowest BCUT2D eigenvalue weighted by Crippen LogP contribution is -2.27. The van der Waals surface area contributed by atoms with Gasteiger partial charge in [0.15, 0.2) is 0 Å². The van der Waals surface area contributed by atoms with E-state index < -0.39 is 17.8 Å². The van der Waals surface area contributed by atoms with Crippen LogP contribution in [0, 0.1) is 5.92 Å². The van der Waals surface area contributed by atoms with Crippen LogP contribution < -0.4 is 5.32 Å². The van der Waals surface area contributed by atoms with E-state index >= 15 is 0 Å². The summed E-state index contributed by atoms with van der Waals surface area (Å²) in [6.07, 6.45) is 0. The van der Waals surface area contributed by atoms with E-state index in [4.69, 9.17) is 9.84 Å². The van der Waals surface area contributed by atoms with Gasteiger partial charge in [-0.2, -0.15) is 0 Å². The zero-order valence-corrected chi connectivity index (χ0v) is 10.5. The molecule has 1 aromatic carbocycles. The third-order valence-corrected chi connectivity index (χ3v) is 2.50. The number of hydrogen-bond acceptors (Lipinski definition) is 3. The summed E-state index contributed by atoms with van der Waals surface area (Å²) in [5, 5.41) is 11.4. The molecular weight excluding hydrogens is 234 g/mol. The van der Waals surface area contributed by atoms with Crippen molar-refractivity contribution in [2.45, 2.75) is 20.5 Å². The van der Waals surface area contributed by atoms with Crippen LogP contribution in [-0.4, -0.2) is 23.6 Å². The summed E-state index contributed by atoms with van der Waals surface area (Å²) in [5.41, 5.74) is 1.41. The topological polar surface area (TPSA) is 75.6 Å². The maximum absolute atomic E-state index is 11.6. The second-order valence-electron chi connectivity index (χ2n) is 3.84. The summed E-state index contributed by atoms with van der Waals surface area (Å²) in [4.78, 5) is 22.3. The fraction of sp³-hybridized carbons (Fsp3) is 0.385. The lowest BCUT2D eigenvalue weighted by molar-refractivity contribution is -0.144. The van der Waals surface area contributed by atoms with Gasteiger partial charge < -0.3 is 15.2 Å². The predicted octanol–water partition coefficient (Wildman–Crippen LogP) is 1.88. The largest absolute Gasteiger partial charge is 0.481 e. The average molecular weight is 251 g/mol. The first-order valence-corrected chi connectivity index (χ1v) is 5.75. The zero-order chi connectivity index (χ0) is 13.5. The molecule has 0 fully saturated rings. The fourth-order valence-electron chi connectivity index (χ4n) is 1.33. The molecule has 0 aromatic heterocycles. The molecule has 0 bridgehead atoms. The highest BCUT2D eigenvalue weighted by molar-refractivity contribution is 6.04.